The molecule has 0 bridgehead atoms. The van der Waals surface area contributed by atoms with E-state index in [0.717, 1.165) is 31.2 Å². The Hall–Kier alpha value is -0.830. The van der Waals surface area contributed by atoms with Gasteiger partial charge in [-0.15, -0.1) is 0 Å². The summed E-state index contributed by atoms with van der Waals surface area (Å²) < 4.78 is 0. The van der Waals surface area contributed by atoms with Gasteiger partial charge in [-0.25, -0.2) is 0 Å². The summed E-state index contributed by atoms with van der Waals surface area (Å²) in [5, 5.41) is 4.31. The summed E-state index contributed by atoms with van der Waals surface area (Å²) in [6.07, 6.45) is 3.69. The predicted octanol–water partition coefficient (Wildman–Crippen LogP) is 4.60. The van der Waals surface area contributed by atoms with Crippen LogP contribution >= 0.6 is 11.6 Å². The van der Waals surface area contributed by atoms with Crippen LogP contribution in [0.1, 0.15) is 45.6 Å². The van der Waals surface area contributed by atoms with Gasteiger partial charge in [0, 0.05) is 37.2 Å². The third-order valence-corrected chi connectivity index (χ3v) is 5.66. The van der Waals surface area contributed by atoms with Crippen LogP contribution in [0, 0.1) is 5.41 Å². The van der Waals surface area contributed by atoms with Crippen molar-refractivity contribution in [3.63, 3.8) is 0 Å². The van der Waals surface area contributed by atoms with Gasteiger partial charge in [0.1, 0.15) is 0 Å². The number of allylic oxidation sites excluding steroid dienone is 1. The molecule has 2 nitrogen and oxygen atoms in total. The predicted molar refractivity (Wildman–Crippen MR) is 99.9 cm³/mol. The lowest BCUT2D eigenvalue weighted by Gasteiger charge is -2.39. The molecule has 0 radical (unpaired) electrons. The topological polar surface area (TPSA) is 15.3 Å². The zero-order valence-corrected chi connectivity index (χ0v) is 15.4. The third kappa shape index (κ3) is 4.17. The Morgan fingerprint density at radius 1 is 1.26 bits per heavy atom. The zero-order chi connectivity index (χ0) is 16.4. The van der Waals surface area contributed by atoms with Crippen LogP contribution in [0.25, 0.3) is 5.57 Å². The molecular weight excluding hydrogens is 304 g/mol. The van der Waals surface area contributed by atoms with Gasteiger partial charge in [0.2, 0.25) is 0 Å². The average molecular weight is 333 g/mol. The molecule has 0 saturated carbocycles. The Bertz CT molecular complexity index is 574. The van der Waals surface area contributed by atoms with E-state index < -0.39 is 0 Å². The van der Waals surface area contributed by atoms with Gasteiger partial charge in [-0.1, -0.05) is 43.2 Å². The molecule has 1 aromatic carbocycles. The second-order valence-corrected chi connectivity index (χ2v) is 8.39. The lowest BCUT2D eigenvalue weighted by Crippen LogP contribution is -2.50. The van der Waals surface area contributed by atoms with Gasteiger partial charge in [-0.2, -0.15) is 0 Å². The van der Waals surface area contributed by atoms with Crippen LogP contribution < -0.4 is 5.32 Å². The van der Waals surface area contributed by atoms with Crippen molar-refractivity contribution in [1.82, 2.24) is 10.2 Å². The smallest absolute Gasteiger partial charge is 0.0406 e. The lowest BCUT2D eigenvalue weighted by molar-refractivity contribution is 0.184. The van der Waals surface area contributed by atoms with Crippen molar-refractivity contribution in [1.29, 1.82) is 0 Å². The van der Waals surface area contributed by atoms with Crippen LogP contribution in [-0.4, -0.2) is 37.1 Å². The van der Waals surface area contributed by atoms with E-state index in [1.807, 2.05) is 12.1 Å². The first-order valence-electron chi connectivity index (χ1n) is 8.86. The Morgan fingerprint density at radius 3 is 2.70 bits per heavy atom. The van der Waals surface area contributed by atoms with Gasteiger partial charge >= 0.3 is 0 Å². The molecule has 1 aliphatic carbocycles. The van der Waals surface area contributed by atoms with Crippen LogP contribution in [0.3, 0.4) is 0 Å². The molecule has 0 spiro atoms. The van der Waals surface area contributed by atoms with Crippen molar-refractivity contribution in [2.45, 2.75) is 46.1 Å². The fourth-order valence-corrected chi connectivity index (χ4v) is 3.95. The van der Waals surface area contributed by atoms with Gasteiger partial charge in [-0.05, 0) is 54.9 Å². The maximum Gasteiger partial charge on any atom is 0.0406 e. The van der Waals surface area contributed by atoms with Crippen molar-refractivity contribution in [3.05, 3.63) is 40.4 Å². The molecule has 3 rings (SSSR count). The number of hydrogen-bond acceptors (Lipinski definition) is 2. The Kier molecular flexibility index (Phi) is 5.15. The highest BCUT2D eigenvalue weighted by Gasteiger charge is 2.29. The molecular formula is C20H29ClN2. The molecule has 0 aromatic heterocycles. The number of rotatable bonds is 3. The van der Waals surface area contributed by atoms with Crippen LogP contribution in [-0.2, 0) is 0 Å². The van der Waals surface area contributed by atoms with Gasteiger partial charge < -0.3 is 5.32 Å². The van der Waals surface area contributed by atoms with Crippen LogP contribution in [0.4, 0.5) is 0 Å². The molecule has 1 saturated heterocycles. The second-order valence-electron chi connectivity index (χ2n) is 7.95. The summed E-state index contributed by atoms with van der Waals surface area (Å²) in [5.41, 5.74) is 4.96. The molecule has 1 fully saturated rings. The van der Waals surface area contributed by atoms with E-state index in [9.17, 15) is 0 Å². The molecule has 1 aromatic rings. The number of halogens is 1. The van der Waals surface area contributed by atoms with Crippen LogP contribution in [0.15, 0.2) is 29.8 Å². The SMILES string of the molecule is C[C@@H]1CNCCN1CC1=C(c2ccc(Cl)cc2)CC(C)(C)CC1. The van der Waals surface area contributed by atoms with Crippen molar-refractivity contribution >= 4 is 17.2 Å². The molecule has 0 unspecified atom stereocenters. The molecule has 1 aliphatic heterocycles. The van der Waals surface area contributed by atoms with Crippen molar-refractivity contribution in [3.8, 4) is 0 Å². The van der Waals surface area contributed by atoms with E-state index in [1.54, 1.807) is 11.1 Å². The van der Waals surface area contributed by atoms with E-state index in [-0.39, 0.29) is 0 Å². The van der Waals surface area contributed by atoms with E-state index >= 15 is 0 Å². The lowest BCUT2D eigenvalue weighted by atomic mass is 9.72. The Balaban J connectivity index is 1.89. The minimum absolute atomic E-state index is 0.396. The fraction of sp³-hybridized carbons (Fsp3) is 0.600. The minimum atomic E-state index is 0.396. The largest absolute Gasteiger partial charge is 0.314 e. The number of nitrogens with zero attached hydrogens (tertiary/aromatic N) is 1. The number of hydrogen-bond donors (Lipinski definition) is 1. The molecule has 1 atom stereocenters. The van der Waals surface area contributed by atoms with Gasteiger partial charge in [0.15, 0.2) is 0 Å². The normalized spacial score (nSPS) is 25.7. The zero-order valence-electron chi connectivity index (χ0n) is 14.7. The number of nitrogens with one attached hydrogen (secondary N) is 1. The van der Waals surface area contributed by atoms with E-state index in [4.69, 9.17) is 11.6 Å². The highest BCUT2D eigenvalue weighted by atomic mass is 35.5. The fourth-order valence-electron chi connectivity index (χ4n) is 3.83. The van der Waals surface area contributed by atoms with E-state index in [1.165, 1.54) is 24.8 Å². The first kappa shape index (κ1) is 17.0. The number of benzene rings is 1. The highest BCUT2D eigenvalue weighted by Crippen LogP contribution is 2.43. The average Bonchev–Trinajstić information content (AvgIpc) is 2.52. The summed E-state index contributed by atoms with van der Waals surface area (Å²) in [6.45, 7) is 11.6. The molecule has 1 N–H and O–H groups in total. The summed E-state index contributed by atoms with van der Waals surface area (Å²) in [5.74, 6) is 0. The third-order valence-electron chi connectivity index (χ3n) is 5.41. The van der Waals surface area contributed by atoms with Crippen molar-refractivity contribution in [2.75, 3.05) is 26.2 Å². The van der Waals surface area contributed by atoms with E-state index in [2.05, 4.69) is 43.1 Å². The summed E-state index contributed by atoms with van der Waals surface area (Å²) in [7, 11) is 0. The van der Waals surface area contributed by atoms with Gasteiger partial charge in [-0.3, -0.25) is 4.90 Å². The quantitative estimate of drug-likeness (QED) is 0.870. The highest BCUT2D eigenvalue weighted by molar-refractivity contribution is 6.30. The molecule has 2 aliphatic rings. The van der Waals surface area contributed by atoms with Crippen LogP contribution in [0.2, 0.25) is 5.02 Å². The molecule has 0 amide bonds. The van der Waals surface area contributed by atoms with Crippen LogP contribution in [0.5, 0.6) is 0 Å². The molecule has 23 heavy (non-hydrogen) atoms. The summed E-state index contributed by atoms with van der Waals surface area (Å²) in [4.78, 5) is 2.64. The first-order valence-corrected chi connectivity index (χ1v) is 9.24. The standard InChI is InChI=1S/C20H29ClN2/c1-15-13-22-10-11-23(15)14-17-8-9-20(2,3)12-19(17)16-4-6-18(21)7-5-16/h4-7,15,22H,8-14H2,1-3H3/t15-/m1/s1. The number of piperazine rings is 1. The van der Waals surface area contributed by atoms with Gasteiger partial charge in [0.25, 0.3) is 0 Å². The van der Waals surface area contributed by atoms with E-state index in [0.29, 0.717) is 11.5 Å². The van der Waals surface area contributed by atoms with Crippen molar-refractivity contribution < 1.29 is 0 Å². The van der Waals surface area contributed by atoms with Gasteiger partial charge in [0.05, 0.1) is 0 Å². The Morgan fingerprint density at radius 2 is 2.00 bits per heavy atom. The summed E-state index contributed by atoms with van der Waals surface area (Å²) >= 11 is 6.09. The first-order chi connectivity index (χ1) is 10.9. The molecule has 3 heteroatoms. The minimum Gasteiger partial charge on any atom is -0.314 e. The Labute approximate surface area is 145 Å². The monoisotopic (exact) mass is 332 g/mol. The summed E-state index contributed by atoms with van der Waals surface area (Å²) in [6, 6.07) is 9.06. The molecule has 126 valence electrons. The second kappa shape index (κ2) is 6.96. The molecule has 1 heterocycles. The maximum absolute atomic E-state index is 6.09. The maximum atomic E-state index is 6.09. The van der Waals surface area contributed by atoms with Crippen molar-refractivity contribution in [2.24, 2.45) is 5.41 Å².